The van der Waals surface area contributed by atoms with Gasteiger partial charge in [0.25, 0.3) is 5.91 Å². The minimum Gasteiger partial charge on any atom is -0.478 e. The second-order valence-electron chi connectivity index (χ2n) is 8.29. The molecule has 2 aromatic carbocycles. The maximum Gasteiger partial charge on any atom is 0.267 e. The fraction of sp³-hybridized carbons (Fsp3) is 0.391. The predicted molar refractivity (Wildman–Crippen MR) is 113 cm³/mol. The first-order chi connectivity index (χ1) is 13.8. The van der Waals surface area contributed by atoms with Crippen molar-refractivity contribution in [1.82, 2.24) is 4.90 Å². The van der Waals surface area contributed by atoms with Crippen molar-refractivity contribution in [1.29, 1.82) is 0 Å². The molecule has 0 saturated heterocycles. The lowest BCUT2D eigenvalue weighted by Crippen LogP contribution is -2.42. The van der Waals surface area contributed by atoms with Gasteiger partial charge in [-0.25, -0.2) is 0 Å². The average Bonchev–Trinajstić information content (AvgIpc) is 3.54. The predicted octanol–water partition coefficient (Wildman–Crippen LogP) is 4.43. The molecule has 1 heterocycles. The third kappa shape index (κ3) is 4.56. The van der Waals surface area contributed by atoms with Gasteiger partial charge in [-0.15, -0.1) is 0 Å². The number of halogens is 1. The molecule has 152 valence electrons. The number of nitrogens with zero attached hydrogens (tertiary/aromatic N) is 1. The number of carbonyl (C=O) groups excluding carboxylic acids is 2. The molecular formula is C23H25ClN2O3. The highest BCUT2D eigenvalue weighted by Crippen LogP contribution is 2.33. The largest absolute Gasteiger partial charge is 0.478 e. The quantitative estimate of drug-likeness (QED) is 0.790. The van der Waals surface area contributed by atoms with Gasteiger partial charge in [0.2, 0.25) is 5.91 Å². The van der Waals surface area contributed by atoms with Gasteiger partial charge in [0.15, 0.2) is 5.60 Å². The van der Waals surface area contributed by atoms with Gasteiger partial charge < -0.3 is 15.0 Å². The number of carbonyl (C=O) groups is 2. The van der Waals surface area contributed by atoms with Crippen LogP contribution in [0.3, 0.4) is 0 Å². The van der Waals surface area contributed by atoms with E-state index in [2.05, 4.69) is 5.32 Å². The van der Waals surface area contributed by atoms with E-state index in [4.69, 9.17) is 16.3 Å². The molecule has 29 heavy (non-hydrogen) atoms. The third-order valence-electron chi connectivity index (χ3n) is 5.45. The Morgan fingerprint density at radius 2 is 1.83 bits per heavy atom. The molecule has 0 bridgehead atoms. The molecular weight excluding hydrogens is 388 g/mol. The first-order valence-corrected chi connectivity index (χ1v) is 10.4. The number of fused-ring (bicyclic) bond motifs is 1. The molecule has 2 aliphatic rings. The van der Waals surface area contributed by atoms with Gasteiger partial charge >= 0.3 is 0 Å². The average molecular weight is 413 g/mol. The van der Waals surface area contributed by atoms with E-state index in [1.54, 1.807) is 38.1 Å². The number of rotatable bonds is 5. The highest BCUT2D eigenvalue weighted by Gasteiger charge is 2.35. The van der Waals surface area contributed by atoms with Crippen molar-refractivity contribution in [2.24, 2.45) is 5.92 Å². The van der Waals surface area contributed by atoms with Gasteiger partial charge in [0.1, 0.15) is 5.75 Å². The Morgan fingerprint density at radius 1 is 1.10 bits per heavy atom. The van der Waals surface area contributed by atoms with Gasteiger partial charge in [-0.1, -0.05) is 17.7 Å². The van der Waals surface area contributed by atoms with E-state index in [1.165, 1.54) is 5.56 Å². The van der Waals surface area contributed by atoms with Crippen LogP contribution >= 0.6 is 11.6 Å². The molecule has 0 radical (unpaired) electrons. The maximum atomic E-state index is 12.8. The topological polar surface area (TPSA) is 58.6 Å². The molecule has 2 aromatic rings. The summed E-state index contributed by atoms with van der Waals surface area (Å²) in [7, 11) is 0. The van der Waals surface area contributed by atoms with E-state index < -0.39 is 5.60 Å². The minimum atomic E-state index is -1.06. The summed E-state index contributed by atoms with van der Waals surface area (Å²) in [4.78, 5) is 27.2. The third-order valence-corrected chi connectivity index (χ3v) is 5.70. The van der Waals surface area contributed by atoms with Gasteiger partial charge in [0.05, 0.1) is 0 Å². The number of ether oxygens (including phenoxy) is 1. The minimum absolute atomic E-state index is 0.227. The van der Waals surface area contributed by atoms with Crippen molar-refractivity contribution >= 4 is 29.1 Å². The fourth-order valence-corrected chi connectivity index (χ4v) is 3.66. The summed E-state index contributed by atoms with van der Waals surface area (Å²) in [6, 6.07) is 12.8. The van der Waals surface area contributed by atoms with Gasteiger partial charge in [-0.2, -0.15) is 0 Å². The normalized spacial score (nSPS) is 16.2. The zero-order valence-electron chi connectivity index (χ0n) is 16.7. The van der Waals surface area contributed by atoms with Crippen LogP contribution in [0.5, 0.6) is 5.75 Å². The molecule has 4 rings (SSSR count). The molecule has 0 atom stereocenters. The van der Waals surface area contributed by atoms with Crippen molar-refractivity contribution in [3.05, 3.63) is 58.6 Å². The Hall–Kier alpha value is -2.53. The van der Waals surface area contributed by atoms with Crippen molar-refractivity contribution < 1.29 is 14.3 Å². The maximum absolute atomic E-state index is 12.8. The number of amides is 2. The summed E-state index contributed by atoms with van der Waals surface area (Å²) in [6.45, 7) is 4.84. The lowest BCUT2D eigenvalue weighted by molar-refractivity contribution is -0.133. The molecule has 6 heteroatoms. The van der Waals surface area contributed by atoms with E-state index in [9.17, 15) is 9.59 Å². The molecule has 1 saturated carbocycles. The smallest absolute Gasteiger partial charge is 0.267 e. The van der Waals surface area contributed by atoms with Crippen LogP contribution in [0.1, 0.15) is 37.8 Å². The standard InChI is InChI=1S/C23H25ClN2O3/c1-23(2,29-20-9-6-18(24)7-10-20)22(28)25-19-8-5-15-11-12-26(14-17(15)13-19)21(27)16-3-4-16/h5-10,13,16H,3-4,11-12,14H2,1-2H3,(H,25,28). The SMILES string of the molecule is CC(C)(Oc1ccc(Cl)cc1)C(=O)Nc1ccc2c(c1)CN(C(=O)C1CC1)CC2. The molecule has 1 N–H and O–H groups in total. The highest BCUT2D eigenvalue weighted by molar-refractivity contribution is 6.30. The van der Waals surface area contributed by atoms with Crippen molar-refractivity contribution in [3.8, 4) is 5.75 Å². The Morgan fingerprint density at radius 3 is 2.52 bits per heavy atom. The van der Waals surface area contributed by atoms with Crippen LogP contribution < -0.4 is 10.1 Å². The molecule has 0 aromatic heterocycles. The molecule has 0 unspecified atom stereocenters. The second-order valence-corrected chi connectivity index (χ2v) is 8.72. The zero-order chi connectivity index (χ0) is 20.6. The molecule has 1 aliphatic carbocycles. The Labute approximate surface area is 176 Å². The van der Waals surface area contributed by atoms with Gasteiger partial charge in [-0.05, 0) is 80.6 Å². The number of hydrogen-bond acceptors (Lipinski definition) is 3. The van der Waals surface area contributed by atoms with Crippen LogP contribution in [-0.4, -0.2) is 28.9 Å². The summed E-state index contributed by atoms with van der Waals surface area (Å²) in [6.07, 6.45) is 2.88. The molecule has 1 fully saturated rings. The van der Waals surface area contributed by atoms with Crippen LogP contribution in [0.2, 0.25) is 5.02 Å². The second kappa shape index (κ2) is 7.71. The summed E-state index contributed by atoms with van der Waals surface area (Å²) in [5.74, 6) is 0.830. The van der Waals surface area contributed by atoms with E-state index in [0.29, 0.717) is 23.0 Å². The van der Waals surface area contributed by atoms with E-state index in [-0.39, 0.29) is 17.7 Å². The zero-order valence-corrected chi connectivity index (χ0v) is 17.5. The summed E-state index contributed by atoms with van der Waals surface area (Å²) in [5, 5.41) is 3.56. The number of anilines is 1. The first-order valence-electron chi connectivity index (χ1n) is 9.98. The van der Waals surface area contributed by atoms with Crippen LogP contribution in [0.4, 0.5) is 5.69 Å². The van der Waals surface area contributed by atoms with E-state index in [1.807, 2.05) is 23.1 Å². The van der Waals surface area contributed by atoms with Crippen LogP contribution in [0, 0.1) is 5.92 Å². The summed E-state index contributed by atoms with van der Waals surface area (Å²) >= 11 is 5.90. The lowest BCUT2D eigenvalue weighted by atomic mass is 9.98. The number of nitrogens with one attached hydrogen (secondary N) is 1. The van der Waals surface area contributed by atoms with Crippen molar-refractivity contribution in [2.75, 3.05) is 11.9 Å². The van der Waals surface area contributed by atoms with Crippen LogP contribution in [-0.2, 0) is 22.6 Å². The Bertz CT molecular complexity index is 936. The monoisotopic (exact) mass is 412 g/mol. The molecule has 2 amide bonds. The van der Waals surface area contributed by atoms with Crippen molar-refractivity contribution in [2.45, 2.75) is 45.3 Å². The van der Waals surface area contributed by atoms with Gasteiger partial charge in [-0.3, -0.25) is 9.59 Å². The van der Waals surface area contributed by atoms with Crippen LogP contribution in [0.15, 0.2) is 42.5 Å². The Kier molecular flexibility index (Phi) is 5.26. The van der Waals surface area contributed by atoms with E-state index in [0.717, 1.165) is 31.4 Å². The number of hydrogen-bond donors (Lipinski definition) is 1. The molecule has 5 nitrogen and oxygen atoms in total. The number of benzene rings is 2. The fourth-order valence-electron chi connectivity index (χ4n) is 3.54. The lowest BCUT2D eigenvalue weighted by Gasteiger charge is -2.30. The molecule has 1 aliphatic heterocycles. The molecule has 0 spiro atoms. The van der Waals surface area contributed by atoms with Crippen molar-refractivity contribution in [3.63, 3.8) is 0 Å². The highest BCUT2D eigenvalue weighted by atomic mass is 35.5. The van der Waals surface area contributed by atoms with Crippen LogP contribution in [0.25, 0.3) is 0 Å². The first kappa shape index (κ1) is 19.8. The van der Waals surface area contributed by atoms with E-state index >= 15 is 0 Å². The summed E-state index contributed by atoms with van der Waals surface area (Å²) < 4.78 is 5.86. The van der Waals surface area contributed by atoms with Gasteiger partial charge in [0, 0.05) is 29.7 Å². The Balaban J connectivity index is 1.43. The summed E-state index contributed by atoms with van der Waals surface area (Å²) in [5.41, 5.74) is 1.98.